The molecule has 33 heavy (non-hydrogen) atoms. The molecule has 0 radical (unpaired) electrons. The van der Waals surface area contributed by atoms with Gasteiger partial charge in [-0.3, -0.25) is 4.90 Å². The summed E-state index contributed by atoms with van der Waals surface area (Å²) in [5.74, 6) is 4.45. The lowest BCUT2D eigenvalue weighted by atomic mass is 9.73. The molecule has 0 aromatic heterocycles. The van der Waals surface area contributed by atoms with Crippen molar-refractivity contribution in [2.45, 2.75) is 45.3 Å². The van der Waals surface area contributed by atoms with Crippen LogP contribution in [0.15, 0.2) is 24.3 Å². The maximum Gasteiger partial charge on any atom is 0.231 e. The van der Waals surface area contributed by atoms with E-state index in [2.05, 4.69) is 36.9 Å². The van der Waals surface area contributed by atoms with Crippen LogP contribution in [0.25, 0.3) is 0 Å². The van der Waals surface area contributed by atoms with Crippen molar-refractivity contribution in [2.75, 3.05) is 40.7 Å². The van der Waals surface area contributed by atoms with Crippen LogP contribution in [0.4, 0.5) is 0 Å². The summed E-state index contributed by atoms with van der Waals surface area (Å²) in [6.45, 7) is 9.25. The van der Waals surface area contributed by atoms with Gasteiger partial charge in [0.2, 0.25) is 12.5 Å². The molecule has 1 fully saturated rings. The summed E-state index contributed by atoms with van der Waals surface area (Å²) in [4.78, 5) is 2.47. The molecule has 0 saturated carbocycles. The highest BCUT2D eigenvalue weighted by Crippen LogP contribution is 2.54. The van der Waals surface area contributed by atoms with Crippen LogP contribution in [0.2, 0.25) is 0 Å². The number of benzene rings is 2. The molecule has 7 nitrogen and oxygen atoms in total. The highest BCUT2D eigenvalue weighted by atomic mass is 16.7. The molecule has 2 aromatic rings. The van der Waals surface area contributed by atoms with Crippen molar-refractivity contribution in [2.24, 2.45) is 5.92 Å². The van der Waals surface area contributed by atoms with Crippen molar-refractivity contribution < 1.29 is 28.4 Å². The fourth-order valence-corrected chi connectivity index (χ4v) is 5.51. The molecular weight excluding hydrogens is 422 g/mol. The van der Waals surface area contributed by atoms with Crippen LogP contribution in [0.5, 0.6) is 34.5 Å². The van der Waals surface area contributed by atoms with E-state index >= 15 is 0 Å². The molecule has 3 aliphatic rings. The SMILES string of the molecule is CCOc1c(OC)cc(C2c3cc4c(cc3OC(C)(N3CCCC3)C2C)OCO4)cc1OC. The third-order valence-electron chi connectivity index (χ3n) is 7.37. The van der Waals surface area contributed by atoms with Crippen LogP contribution in [-0.4, -0.2) is 51.3 Å². The normalized spacial score (nSPS) is 26.0. The molecule has 3 aliphatic heterocycles. The quantitative estimate of drug-likeness (QED) is 0.620. The highest BCUT2D eigenvalue weighted by Gasteiger charge is 2.50. The third kappa shape index (κ3) is 3.53. The monoisotopic (exact) mass is 455 g/mol. The predicted molar refractivity (Wildman–Crippen MR) is 124 cm³/mol. The Morgan fingerprint density at radius 1 is 0.970 bits per heavy atom. The second kappa shape index (κ2) is 8.52. The molecule has 0 amide bonds. The first-order valence-electron chi connectivity index (χ1n) is 11.8. The molecule has 3 unspecified atom stereocenters. The van der Waals surface area contributed by atoms with Gasteiger partial charge in [-0.2, -0.15) is 0 Å². The van der Waals surface area contributed by atoms with E-state index in [0.717, 1.165) is 41.5 Å². The van der Waals surface area contributed by atoms with Crippen molar-refractivity contribution >= 4 is 0 Å². The average Bonchev–Trinajstić information content (AvgIpc) is 3.51. The van der Waals surface area contributed by atoms with E-state index in [1.807, 2.05) is 13.0 Å². The number of nitrogens with zero attached hydrogens (tertiary/aromatic N) is 1. The lowest BCUT2D eigenvalue weighted by Crippen LogP contribution is -2.57. The summed E-state index contributed by atoms with van der Waals surface area (Å²) in [5, 5.41) is 0. The Bertz CT molecular complexity index is 1010. The lowest BCUT2D eigenvalue weighted by Gasteiger charge is -2.50. The second-order valence-electron chi connectivity index (χ2n) is 9.05. The van der Waals surface area contributed by atoms with Crippen LogP contribution < -0.4 is 28.4 Å². The van der Waals surface area contributed by atoms with Gasteiger partial charge in [0.1, 0.15) is 5.75 Å². The summed E-state index contributed by atoms with van der Waals surface area (Å²) >= 11 is 0. The van der Waals surface area contributed by atoms with Gasteiger partial charge < -0.3 is 28.4 Å². The zero-order valence-corrected chi connectivity index (χ0v) is 20.1. The molecule has 5 rings (SSSR count). The molecule has 1 saturated heterocycles. The number of ether oxygens (including phenoxy) is 6. The Morgan fingerprint density at radius 2 is 1.61 bits per heavy atom. The Labute approximate surface area is 195 Å². The number of hydrogen-bond acceptors (Lipinski definition) is 7. The van der Waals surface area contributed by atoms with Crippen LogP contribution in [0, 0.1) is 5.92 Å². The summed E-state index contributed by atoms with van der Waals surface area (Å²) in [7, 11) is 3.32. The number of likely N-dealkylation sites (tertiary alicyclic amines) is 1. The van der Waals surface area contributed by atoms with Crippen molar-refractivity contribution in [1.29, 1.82) is 0 Å². The van der Waals surface area contributed by atoms with Crippen LogP contribution in [0.1, 0.15) is 50.7 Å². The van der Waals surface area contributed by atoms with Crippen molar-refractivity contribution in [3.05, 3.63) is 35.4 Å². The predicted octanol–water partition coefficient (Wildman–Crippen LogP) is 4.80. The van der Waals surface area contributed by atoms with E-state index in [1.54, 1.807) is 14.2 Å². The van der Waals surface area contributed by atoms with Crippen molar-refractivity contribution in [1.82, 2.24) is 4.90 Å². The van der Waals surface area contributed by atoms with Gasteiger partial charge in [-0.1, -0.05) is 6.92 Å². The number of methoxy groups -OCH3 is 2. The van der Waals surface area contributed by atoms with Gasteiger partial charge in [0.05, 0.1) is 20.8 Å². The minimum absolute atomic E-state index is 0.0346. The Hall–Kier alpha value is -2.80. The first kappa shape index (κ1) is 22.0. The summed E-state index contributed by atoms with van der Waals surface area (Å²) in [6.07, 6.45) is 2.38. The molecule has 0 spiro atoms. The molecule has 0 N–H and O–H groups in total. The molecule has 178 valence electrons. The standard InChI is InChI=1S/C26H33NO6/c1-6-30-25-22(28-4)11-17(12-23(25)29-5)24-16(2)26(3,27-9-7-8-10-27)33-19-14-21-20(13-18(19)24)31-15-32-21/h11-14,16,24H,6-10,15H2,1-5H3. The molecule has 0 bridgehead atoms. The maximum absolute atomic E-state index is 6.77. The lowest BCUT2D eigenvalue weighted by molar-refractivity contribution is -0.114. The number of hydrogen-bond donors (Lipinski definition) is 0. The van der Waals surface area contributed by atoms with Crippen LogP contribution in [-0.2, 0) is 0 Å². The third-order valence-corrected chi connectivity index (χ3v) is 7.37. The van der Waals surface area contributed by atoms with Gasteiger partial charge in [0, 0.05) is 36.6 Å². The van der Waals surface area contributed by atoms with Crippen molar-refractivity contribution in [3.8, 4) is 34.5 Å². The van der Waals surface area contributed by atoms with Gasteiger partial charge in [-0.15, -0.1) is 0 Å². The zero-order chi connectivity index (χ0) is 23.2. The number of fused-ring (bicyclic) bond motifs is 2. The van der Waals surface area contributed by atoms with Gasteiger partial charge in [-0.25, -0.2) is 0 Å². The van der Waals surface area contributed by atoms with E-state index in [4.69, 9.17) is 28.4 Å². The summed E-state index contributed by atoms with van der Waals surface area (Å²) in [6, 6.07) is 8.18. The second-order valence-corrected chi connectivity index (χ2v) is 9.05. The first-order valence-corrected chi connectivity index (χ1v) is 11.8. The molecule has 0 aliphatic carbocycles. The molecular formula is C26H33NO6. The van der Waals surface area contributed by atoms with E-state index in [9.17, 15) is 0 Å². The van der Waals surface area contributed by atoms with E-state index in [-0.39, 0.29) is 18.6 Å². The summed E-state index contributed by atoms with van der Waals surface area (Å²) in [5.41, 5.74) is 1.71. The molecule has 3 heterocycles. The average molecular weight is 456 g/mol. The van der Waals surface area contributed by atoms with E-state index in [1.165, 1.54) is 12.8 Å². The van der Waals surface area contributed by atoms with Crippen LogP contribution >= 0.6 is 0 Å². The smallest absolute Gasteiger partial charge is 0.231 e. The van der Waals surface area contributed by atoms with Crippen molar-refractivity contribution in [3.63, 3.8) is 0 Å². The highest BCUT2D eigenvalue weighted by molar-refractivity contribution is 5.60. The Morgan fingerprint density at radius 3 is 2.21 bits per heavy atom. The molecule has 3 atom stereocenters. The van der Waals surface area contributed by atoms with Gasteiger partial charge >= 0.3 is 0 Å². The molecule has 7 heteroatoms. The first-order chi connectivity index (χ1) is 16.0. The van der Waals surface area contributed by atoms with E-state index in [0.29, 0.717) is 23.9 Å². The van der Waals surface area contributed by atoms with E-state index < -0.39 is 5.72 Å². The maximum atomic E-state index is 6.77. The fourth-order valence-electron chi connectivity index (χ4n) is 5.51. The minimum atomic E-state index is -0.457. The zero-order valence-electron chi connectivity index (χ0n) is 20.1. The van der Waals surface area contributed by atoms with Gasteiger partial charge in [0.15, 0.2) is 28.7 Å². The Kier molecular flexibility index (Phi) is 5.69. The fraction of sp³-hybridized carbons (Fsp3) is 0.538. The minimum Gasteiger partial charge on any atom is -0.493 e. The molecule has 2 aromatic carbocycles. The largest absolute Gasteiger partial charge is 0.493 e. The van der Waals surface area contributed by atoms with Gasteiger partial charge in [0.25, 0.3) is 0 Å². The Balaban J connectivity index is 1.68. The topological polar surface area (TPSA) is 58.6 Å². The summed E-state index contributed by atoms with van der Waals surface area (Å²) < 4.78 is 35.5. The number of rotatable bonds is 6. The van der Waals surface area contributed by atoms with Crippen LogP contribution in [0.3, 0.4) is 0 Å². The van der Waals surface area contributed by atoms with Gasteiger partial charge in [-0.05, 0) is 50.5 Å².